The lowest BCUT2D eigenvalue weighted by Gasteiger charge is -2.24. The molecule has 0 saturated heterocycles. The normalized spacial score (nSPS) is 12.4. The Balaban J connectivity index is 2.09. The number of H-pyrrole nitrogens is 1. The molecule has 2 aromatic rings. The number of carbonyl (C=O) groups excluding carboxylic acids is 1. The molecule has 1 atom stereocenters. The molecule has 0 bridgehead atoms. The van der Waals surface area contributed by atoms with E-state index >= 15 is 0 Å². The van der Waals surface area contributed by atoms with Crippen LogP contribution in [0.2, 0.25) is 0 Å². The second kappa shape index (κ2) is 6.54. The highest BCUT2D eigenvalue weighted by atomic mass is 16.2. The van der Waals surface area contributed by atoms with E-state index in [0.717, 1.165) is 22.5 Å². The van der Waals surface area contributed by atoms with Gasteiger partial charge >= 0.3 is 0 Å². The number of aryl methyl sites for hydroxylation is 2. The largest absolute Gasteiger partial charge is 0.349 e. The lowest BCUT2D eigenvalue weighted by Crippen LogP contribution is -2.36. The van der Waals surface area contributed by atoms with Crippen LogP contribution in [0.4, 0.5) is 0 Å². The number of rotatable bonds is 5. The van der Waals surface area contributed by atoms with Gasteiger partial charge in [-0.15, -0.1) is 0 Å². The van der Waals surface area contributed by atoms with Crippen molar-refractivity contribution in [2.75, 3.05) is 14.1 Å². The molecule has 0 saturated carbocycles. The van der Waals surface area contributed by atoms with Crippen LogP contribution in [-0.4, -0.2) is 35.1 Å². The topological polar surface area (TPSA) is 61.0 Å². The maximum Gasteiger partial charge on any atom is 0.242 e. The molecule has 0 aliphatic rings. The molecule has 0 fully saturated rings. The Morgan fingerprint density at radius 2 is 2.10 bits per heavy atom. The third kappa shape index (κ3) is 3.92. The van der Waals surface area contributed by atoms with E-state index < -0.39 is 0 Å². The van der Waals surface area contributed by atoms with Gasteiger partial charge in [0, 0.05) is 5.69 Å². The number of likely N-dealkylation sites (N-methyl/N-ethyl adjacent to an activating group) is 1. The monoisotopic (exact) mass is 286 g/mol. The molecule has 1 amide bonds. The van der Waals surface area contributed by atoms with Gasteiger partial charge in [0.25, 0.3) is 0 Å². The lowest BCUT2D eigenvalue weighted by molar-refractivity contribution is -0.126. The predicted octanol–water partition coefficient (Wildman–Crippen LogP) is 1.95. The SMILES string of the molecule is Cc1cccc([C@H](C(=O)NCc2cc(C)[nH]n2)N(C)C)c1. The minimum absolute atomic E-state index is 0.0220. The molecule has 0 aliphatic heterocycles. The van der Waals surface area contributed by atoms with Crippen LogP contribution < -0.4 is 5.32 Å². The smallest absolute Gasteiger partial charge is 0.242 e. The zero-order valence-corrected chi connectivity index (χ0v) is 13.0. The van der Waals surface area contributed by atoms with Gasteiger partial charge in [0.15, 0.2) is 0 Å². The molecule has 21 heavy (non-hydrogen) atoms. The fraction of sp³-hybridized carbons (Fsp3) is 0.375. The highest BCUT2D eigenvalue weighted by molar-refractivity contribution is 5.83. The maximum absolute atomic E-state index is 12.5. The summed E-state index contributed by atoms with van der Waals surface area (Å²) in [7, 11) is 3.82. The number of amides is 1. The van der Waals surface area contributed by atoms with Crippen LogP contribution in [0.1, 0.15) is 28.6 Å². The van der Waals surface area contributed by atoms with Gasteiger partial charge in [-0.3, -0.25) is 14.8 Å². The van der Waals surface area contributed by atoms with Crippen molar-refractivity contribution in [2.24, 2.45) is 0 Å². The highest BCUT2D eigenvalue weighted by Crippen LogP contribution is 2.19. The number of nitrogens with one attached hydrogen (secondary N) is 2. The first-order chi connectivity index (χ1) is 9.97. The molecule has 0 unspecified atom stereocenters. The number of aromatic nitrogens is 2. The molecule has 5 nitrogen and oxygen atoms in total. The number of nitrogens with zero attached hydrogens (tertiary/aromatic N) is 2. The molecular weight excluding hydrogens is 264 g/mol. The summed E-state index contributed by atoms with van der Waals surface area (Å²) in [5.74, 6) is -0.0220. The number of carbonyl (C=O) groups is 1. The van der Waals surface area contributed by atoms with E-state index in [9.17, 15) is 4.79 Å². The Morgan fingerprint density at radius 1 is 1.33 bits per heavy atom. The third-order valence-corrected chi connectivity index (χ3v) is 3.33. The quantitative estimate of drug-likeness (QED) is 0.883. The van der Waals surface area contributed by atoms with E-state index in [-0.39, 0.29) is 11.9 Å². The van der Waals surface area contributed by atoms with E-state index in [1.807, 2.05) is 63.2 Å². The first-order valence-electron chi connectivity index (χ1n) is 6.99. The molecule has 112 valence electrons. The van der Waals surface area contributed by atoms with Gasteiger partial charge < -0.3 is 5.32 Å². The van der Waals surface area contributed by atoms with Crippen molar-refractivity contribution < 1.29 is 4.79 Å². The van der Waals surface area contributed by atoms with Gasteiger partial charge in [0.1, 0.15) is 6.04 Å². The summed E-state index contributed by atoms with van der Waals surface area (Å²) in [5, 5.41) is 9.95. The summed E-state index contributed by atoms with van der Waals surface area (Å²) in [6.07, 6.45) is 0. The van der Waals surface area contributed by atoms with Crippen molar-refractivity contribution in [1.82, 2.24) is 20.4 Å². The van der Waals surface area contributed by atoms with Crippen LogP contribution in [0.25, 0.3) is 0 Å². The fourth-order valence-corrected chi connectivity index (χ4v) is 2.36. The molecule has 0 radical (unpaired) electrons. The lowest BCUT2D eigenvalue weighted by atomic mass is 10.0. The first-order valence-corrected chi connectivity index (χ1v) is 6.99. The van der Waals surface area contributed by atoms with E-state index in [0.29, 0.717) is 6.54 Å². The number of hydrogen-bond donors (Lipinski definition) is 2. The average molecular weight is 286 g/mol. The summed E-state index contributed by atoms with van der Waals surface area (Å²) in [6.45, 7) is 4.40. The third-order valence-electron chi connectivity index (χ3n) is 3.33. The van der Waals surface area contributed by atoms with E-state index in [1.54, 1.807) is 0 Å². The zero-order chi connectivity index (χ0) is 15.4. The summed E-state index contributed by atoms with van der Waals surface area (Å²) in [6, 6.07) is 9.66. The second-order valence-electron chi connectivity index (χ2n) is 5.54. The summed E-state index contributed by atoms with van der Waals surface area (Å²) >= 11 is 0. The minimum Gasteiger partial charge on any atom is -0.349 e. The predicted molar refractivity (Wildman–Crippen MR) is 82.8 cm³/mol. The van der Waals surface area contributed by atoms with Crippen molar-refractivity contribution in [3.05, 3.63) is 52.8 Å². The second-order valence-corrected chi connectivity index (χ2v) is 5.54. The van der Waals surface area contributed by atoms with E-state index in [1.165, 1.54) is 0 Å². The fourth-order valence-electron chi connectivity index (χ4n) is 2.36. The number of aromatic amines is 1. The molecule has 0 aliphatic carbocycles. The van der Waals surface area contributed by atoms with Gasteiger partial charge in [0.2, 0.25) is 5.91 Å². The summed E-state index contributed by atoms with van der Waals surface area (Å²) in [4.78, 5) is 14.4. The van der Waals surface area contributed by atoms with Gasteiger partial charge in [-0.25, -0.2) is 0 Å². The molecule has 1 heterocycles. The summed E-state index contributed by atoms with van der Waals surface area (Å²) < 4.78 is 0. The van der Waals surface area contributed by atoms with Crippen LogP contribution in [0, 0.1) is 13.8 Å². The molecule has 0 spiro atoms. The van der Waals surface area contributed by atoms with Crippen molar-refractivity contribution in [1.29, 1.82) is 0 Å². The van der Waals surface area contributed by atoms with Crippen LogP contribution in [-0.2, 0) is 11.3 Å². The first kappa shape index (κ1) is 15.3. The van der Waals surface area contributed by atoms with Gasteiger partial charge in [-0.05, 0) is 39.6 Å². The molecule has 5 heteroatoms. The zero-order valence-electron chi connectivity index (χ0n) is 13.0. The van der Waals surface area contributed by atoms with E-state index in [4.69, 9.17) is 0 Å². The number of benzene rings is 1. The number of hydrogen-bond acceptors (Lipinski definition) is 3. The highest BCUT2D eigenvalue weighted by Gasteiger charge is 2.22. The van der Waals surface area contributed by atoms with Crippen molar-refractivity contribution >= 4 is 5.91 Å². The van der Waals surface area contributed by atoms with Gasteiger partial charge in [-0.2, -0.15) is 5.10 Å². The van der Waals surface area contributed by atoms with E-state index in [2.05, 4.69) is 15.5 Å². The molecule has 2 rings (SSSR count). The molecule has 1 aromatic carbocycles. The Kier molecular flexibility index (Phi) is 4.75. The minimum atomic E-state index is -0.301. The van der Waals surface area contributed by atoms with Crippen molar-refractivity contribution in [3.63, 3.8) is 0 Å². The Labute approximate surface area is 125 Å². The summed E-state index contributed by atoms with van der Waals surface area (Å²) in [5.41, 5.74) is 3.97. The van der Waals surface area contributed by atoms with Crippen molar-refractivity contribution in [2.45, 2.75) is 26.4 Å². The Hall–Kier alpha value is -2.14. The van der Waals surface area contributed by atoms with Crippen LogP contribution in [0.3, 0.4) is 0 Å². The van der Waals surface area contributed by atoms with Crippen LogP contribution in [0.5, 0.6) is 0 Å². The maximum atomic E-state index is 12.5. The molecule has 2 N–H and O–H groups in total. The molecular formula is C16H22N4O. The van der Waals surface area contributed by atoms with Gasteiger partial charge in [0.05, 0.1) is 12.2 Å². The Bertz CT molecular complexity index is 618. The van der Waals surface area contributed by atoms with Crippen LogP contribution >= 0.6 is 0 Å². The average Bonchev–Trinajstić information content (AvgIpc) is 2.82. The van der Waals surface area contributed by atoms with Gasteiger partial charge in [-0.1, -0.05) is 29.8 Å². The Morgan fingerprint density at radius 3 is 2.67 bits per heavy atom. The molecule has 1 aromatic heterocycles. The van der Waals surface area contributed by atoms with Crippen molar-refractivity contribution in [3.8, 4) is 0 Å². The van der Waals surface area contributed by atoms with Crippen LogP contribution in [0.15, 0.2) is 30.3 Å². The standard InChI is InChI=1S/C16H22N4O/c1-11-6-5-7-13(8-11)15(20(3)4)16(21)17-10-14-9-12(2)18-19-14/h5-9,15H,10H2,1-4H3,(H,17,21)(H,18,19)/t15-/m1/s1.